The van der Waals surface area contributed by atoms with Crippen molar-refractivity contribution >= 4 is 11.3 Å². The van der Waals surface area contributed by atoms with Crippen molar-refractivity contribution in [1.82, 2.24) is 4.40 Å². The van der Waals surface area contributed by atoms with Crippen molar-refractivity contribution in [3.05, 3.63) is 41.2 Å². The number of fused-ring (bicyclic) bond motifs is 3. The number of nitrogens with zero attached hydrogens (tertiary/aromatic N) is 1. The van der Waals surface area contributed by atoms with E-state index < -0.39 is 0 Å². The summed E-state index contributed by atoms with van der Waals surface area (Å²) in [5, 5.41) is 0. The largest absolute Gasteiger partial charge is 0.330 e. The molecule has 0 aromatic carbocycles. The summed E-state index contributed by atoms with van der Waals surface area (Å²) in [7, 11) is 0. The highest BCUT2D eigenvalue weighted by Crippen LogP contribution is 2.30. The smallest absolute Gasteiger partial charge is 0.179 e. The third-order valence-electron chi connectivity index (χ3n) is 3.55. The quantitative estimate of drug-likeness (QED) is 0.854. The molecule has 88 valence electrons. The van der Waals surface area contributed by atoms with Crippen LogP contribution in [0.5, 0.6) is 0 Å². The zero-order chi connectivity index (χ0) is 11.8. The van der Waals surface area contributed by atoms with Gasteiger partial charge in [-0.2, -0.15) is 0 Å². The van der Waals surface area contributed by atoms with E-state index in [4.69, 9.17) is 5.73 Å². The molecule has 3 rings (SSSR count). The molecule has 0 amide bonds. The van der Waals surface area contributed by atoms with Crippen LogP contribution in [0.15, 0.2) is 24.4 Å². The lowest BCUT2D eigenvalue weighted by Crippen LogP contribution is -2.13. The van der Waals surface area contributed by atoms with E-state index in [1.165, 1.54) is 11.1 Å². The fourth-order valence-corrected chi connectivity index (χ4v) is 2.87. The molecule has 0 fully saturated rings. The van der Waals surface area contributed by atoms with E-state index in [1.54, 1.807) is 0 Å². The van der Waals surface area contributed by atoms with Crippen LogP contribution < -0.4 is 5.73 Å². The normalized spacial score (nSPS) is 15.2. The molecule has 2 N–H and O–H groups in total. The SMILES string of the molecule is NCCc1c2c(n3ccccc13)C(=O)CCC2. The van der Waals surface area contributed by atoms with E-state index in [1.807, 2.05) is 22.7 Å². The first kappa shape index (κ1) is 10.5. The van der Waals surface area contributed by atoms with Crippen molar-refractivity contribution in [3.8, 4) is 0 Å². The molecule has 1 aliphatic rings. The van der Waals surface area contributed by atoms with Gasteiger partial charge in [0, 0.05) is 18.1 Å². The van der Waals surface area contributed by atoms with Gasteiger partial charge in [0.15, 0.2) is 5.78 Å². The highest BCUT2D eigenvalue weighted by molar-refractivity contribution is 5.99. The fraction of sp³-hybridized carbons (Fsp3) is 0.357. The summed E-state index contributed by atoms with van der Waals surface area (Å²) in [6, 6.07) is 6.07. The fourth-order valence-electron chi connectivity index (χ4n) is 2.87. The van der Waals surface area contributed by atoms with Gasteiger partial charge in [0.25, 0.3) is 0 Å². The van der Waals surface area contributed by atoms with Crippen LogP contribution >= 0.6 is 0 Å². The Morgan fingerprint density at radius 2 is 2.18 bits per heavy atom. The maximum absolute atomic E-state index is 12.1. The van der Waals surface area contributed by atoms with Crippen molar-refractivity contribution in [3.63, 3.8) is 0 Å². The minimum Gasteiger partial charge on any atom is -0.330 e. The van der Waals surface area contributed by atoms with Crippen molar-refractivity contribution < 1.29 is 4.79 Å². The molecule has 0 radical (unpaired) electrons. The minimum absolute atomic E-state index is 0.274. The number of rotatable bonds is 2. The van der Waals surface area contributed by atoms with Gasteiger partial charge in [0.05, 0.1) is 5.69 Å². The van der Waals surface area contributed by atoms with Crippen molar-refractivity contribution in [2.45, 2.75) is 25.7 Å². The first-order chi connectivity index (χ1) is 8.33. The summed E-state index contributed by atoms with van der Waals surface area (Å²) < 4.78 is 2.04. The standard InChI is InChI=1S/C14H16N2O/c15-8-7-10-11-4-3-6-13(17)14(11)16-9-2-1-5-12(10)16/h1-2,5,9H,3-4,6-8,15H2. The molecule has 17 heavy (non-hydrogen) atoms. The first-order valence-corrected chi connectivity index (χ1v) is 6.17. The number of pyridine rings is 1. The number of Topliss-reactive ketones (excluding diaryl/α,β-unsaturated/α-hetero) is 1. The second-order valence-electron chi connectivity index (χ2n) is 4.58. The van der Waals surface area contributed by atoms with Crippen LogP contribution in [0.1, 0.15) is 34.5 Å². The Balaban J connectivity index is 2.34. The van der Waals surface area contributed by atoms with Gasteiger partial charge in [-0.05, 0) is 49.1 Å². The van der Waals surface area contributed by atoms with Crippen LogP contribution in [0.3, 0.4) is 0 Å². The molecule has 0 saturated heterocycles. The predicted octanol–water partition coefficient (Wildman–Crippen LogP) is 1.96. The molecule has 1 aliphatic carbocycles. The van der Waals surface area contributed by atoms with Crippen LogP contribution in [-0.2, 0) is 12.8 Å². The maximum Gasteiger partial charge on any atom is 0.179 e. The van der Waals surface area contributed by atoms with Crippen LogP contribution in [0.4, 0.5) is 0 Å². The third-order valence-corrected chi connectivity index (χ3v) is 3.55. The third kappa shape index (κ3) is 1.50. The zero-order valence-corrected chi connectivity index (χ0v) is 9.78. The second kappa shape index (κ2) is 4.00. The van der Waals surface area contributed by atoms with E-state index in [0.29, 0.717) is 13.0 Å². The van der Waals surface area contributed by atoms with Crippen molar-refractivity contribution in [2.75, 3.05) is 6.54 Å². The van der Waals surface area contributed by atoms with Crippen LogP contribution in [-0.4, -0.2) is 16.7 Å². The van der Waals surface area contributed by atoms with Gasteiger partial charge in [-0.15, -0.1) is 0 Å². The molecule has 0 atom stereocenters. The van der Waals surface area contributed by atoms with Gasteiger partial charge in [0.1, 0.15) is 0 Å². The summed E-state index contributed by atoms with van der Waals surface area (Å²) in [4.78, 5) is 12.1. The Morgan fingerprint density at radius 3 is 3.00 bits per heavy atom. The van der Waals surface area contributed by atoms with E-state index in [-0.39, 0.29) is 5.78 Å². The molecule has 3 heteroatoms. The predicted molar refractivity (Wildman–Crippen MR) is 67.4 cm³/mol. The first-order valence-electron chi connectivity index (χ1n) is 6.17. The Morgan fingerprint density at radius 1 is 1.29 bits per heavy atom. The molecule has 0 unspecified atom stereocenters. The summed E-state index contributed by atoms with van der Waals surface area (Å²) in [6.45, 7) is 0.634. The topological polar surface area (TPSA) is 47.5 Å². The van der Waals surface area contributed by atoms with Gasteiger partial charge in [-0.25, -0.2) is 0 Å². The average Bonchev–Trinajstić information content (AvgIpc) is 2.66. The molecule has 0 spiro atoms. The lowest BCUT2D eigenvalue weighted by molar-refractivity contribution is 0.0966. The van der Waals surface area contributed by atoms with Crippen molar-refractivity contribution in [2.24, 2.45) is 5.73 Å². The maximum atomic E-state index is 12.1. The number of carbonyl (C=O) groups excluding carboxylic acids is 1. The summed E-state index contributed by atoms with van der Waals surface area (Å²) in [6.07, 6.45) is 5.50. The average molecular weight is 228 g/mol. The molecule has 2 aromatic rings. The Kier molecular flexibility index (Phi) is 2.48. The van der Waals surface area contributed by atoms with E-state index >= 15 is 0 Å². The highest BCUT2D eigenvalue weighted by Gasteiger charge is 2.25. The number of hydrogen-bond donors (Lipinski definition) is 1. The molecular formula is C14H16N2O. The molecule has 2 aromatic heterocycles. The van der Waals surface area contributed by atoms with Gasteiger partial charge in [-0.1, -0.05) is 6.07 Å². The summed E-state index contributed by atoms with van der Waals surface area (Å²) in [5.41, 5.74) is 10.2. The van der Waals surface area contributed by atoms with Gasteiger partial charge in [-0.3, -0.25) is 4.79 Å². The number of carbonyl (C=O) groups is 1. The van der Waals surface area contributed by atoms with Crippen LogP contribution in [0.2, 0.25) is 0 Å². The molecular weight excluding hydrogens is 212 g/mol. The van der Waals surface area contributed by atoms with E-state index in [0.717, 1.165) is 30.5 Å². The monoisotopic (exact) mass is 228 g/mol. The number of hydrogen-bond acceptors (Lipinski definition) is 2. The van der Waals surface area contributed by atoms with Crippen LogP contribution in [0.25, 0.3) is 5.52 Å². The lowest BCUT2D eigenvalue weighted by Gasteiger charge is -2.12. The number of nitrogens with two attached hydrogens (primary N) is 1. The van der Waals surface area contributed by atoms with Gasteiger partial charge >= 0.3 is 0 Å². The minimum atomic E-state index is 0.274. The number of aromatic nitrogens is 1. The summed E-state index contributed by atoms with van der Waals surface area (Å²) in [5.74, 6) is 0.274. The second-order valence-corrected chi connectivity index (χ2v) is 4.58. The lowest BCUT2D eigenvalue weighted by atomic mass is 9.93. The van der Waals surface area contributed by atoms with Crippen molar-refractivity contribution in [1.29, 1.82) is 0 Å². The highest BCUT2D eigenvalue weighted by atomic mass is 16.1. The molecule has 2 heterocycles. The molecule has 3 nitrogen and oxygen atoms in total. The van der Waals surface area contributed by atoms with Gasteiger partial charge in [0.2, 0.25) is 0 Å². The van der Waals surface area contributed by atoms with Crippen LogP contribution in [0, 0.1) is 0 Å². The Bertz CT molecular complexity index is 583. The molecule has 0 bridgehead atoms. The molecule has 0 saturated carbocycles. The Labute approximate surface area is 100 Å². The summed E-state index contributed by atoms with van der Waals surface area (Å²) >= 11 is 0. The zero-order valence-electron chi connectivity index (χ0n) is 9.78. The number of ketones is 1. The van der Waals surface area contributed by atoms with E-state index in [2.05, 4.69) is 6.07 Å². The van der Waals surface area contributed by atoms with E-state index in [9.17, 15) is 4.79 Å². The molecule has 0 aliphatic heterocycles. The Hall–Kier alpha value is -1.61. The van der Waals surface area contributed by atoms with Gasteiger partial charge < -0.3 is 10.1 Å².